The zero-order valence-corrected chi connectivity index (χ0v) is 9.77. The average molecular weight is 243 g/mol. The summed E-state index contributed by atoms with van der Waals surface area (Å²) in [5, 5.41) is 11.4. The number of anilines is 1. The molecule has 0 saturated carbocycles. The predicted molar refractivity (Wildman–Crippen MR) is 62.2 cm³/mol. The van der Waals surface area contributed by atoms with Gasteiger partial charge in [0.15, 0.2) is 5.84 Å². The number of hydrogen-bond acceptors (Lipinski definition) is 4. The molecule has 0 aliphatic carbocycles. The van der Waals surface area contributed by atoms with Crippen molar-refractivity contribution in [3.63, 3.8) is 0 Å². The summed E-state index contributed by atoms with van der Waals surface area (Å²) in [6.07, 6.45) is 1.10. The van der Waals surface area contributed by atoms with E-state index in [1.807, 2.05) is 0 Å². The van der Waals surface area contributed by atoms with E-state index in [2.05, 4.69) is 5.16 Å². The lowest BCUT2D eigenvalue weighted by atomic mass is 10.2. The van der Waals surface area contributed by atoms with Crippen LogP contribution in [0.4, 0.5) is 5.69 Å². The molecule has 7 heteroatoms. The third-order valence-electron chi connectivity index (χ3n) is 2.11. The zero-order valence-electron chi connectivity index (χ0n) is 8.95. The normalized spacial score (nSPS) is 12.5. The number of hydrogen-bond donors (Lipinski definition) is 2. The van der Waals surface area contributed by atoms with Crippen molar-refractivity contribution in [3.05, 3.63) is 29.8 Å². The third kappa shape index (κ3) is 2.63. The first-order valence-electron chi connectivity index (χ1n) is 4.38. The standard InChI is InChI=1S/C9H13N3O3S/c1-12(16(2,14)15)8-5-3-4-7(6-8)9(10)11-13/h3-6,13H,1-2H3,(H2,10,11). The van der Waals surface area contributed by atoms with Gasteiger partial charge >= 0.3 is 0 Å². The topological polar surface area (TPSA) is 96.0 Å². The highest BCUT2D eigenvalue weighted by Gasteiger charge is 2.12. The number of nitrogens with zero attached hydrogens (tertiary/aromatic N) is 2. The van der Waals surface area contributed by atoms with Gasteiger partial charge < -0.3 is 10.9 Å². The van der Waals surface area contributed by atoms with Crippen molar-refractivity contribution in [1.29, 1.82) is 0 Å². The zero-order chi connectivity index (χ0) is 12.3. The van der Waals surface area contributed by atoms with Crippen LogP contribution in [-0.4, -0.2) is 32.8 Å². The first-order chi connectivity index (χ1) is 7.36. The molecule has 0 saturated heterocycles. The molecule has 1 rings (SSSR count). The highest BCUT2D eigenvalue weighted by Crippen LogP contribution is 2.16. The van der Waals surface area contributed by atoms with E-state index in [1.54, 1.807) is 18.2 Å². The van der Waals surface area contributed by atoms with E-state index in [1.165, 1.54) is 13.1 Å². The largest absolute Gasteiger partial charge is 0.409 e. The molecule has 0 aliphatic heterocycles. The van der Waals surface area contributed by atoms with Crippen LogP contribution >= 0.6 is 0 Å². The van der Waals surface area contributed by atoms with Gasteiger partial charge in [0.05, 0.1) is 11.9 Å². The maximum atomic E-state index is 11.3. The summed E-state index contributed by atoms with van der Waals surface area (Å²) in [5.74, 6) is -0.0660. The van der Waals surface area contributed by atoms with Gasteiger partial charge in [-0.15, -0.1) is 0 Å². The van der Waals surface area contributed by atoms with Crippen molar-refractivity contribution in [1.82, 2.24) is 0 Å². The van der Waals surface area contributed by atoms with Crippen LogP contribution in [0, 0.1) is 0 Å². The van der Waals surface area contributed by atoms with Crippen LogP contribution in [0.3, 0.4) is 0 Å². The van der Waals surface area contributed by atoms with Crippen molar-refractivity contribution < 1.29 is 13.6 Å². The summed E-state index contributed by atoms with van der Waals surface area (Å²) in [5.41, 5.74) is 6.31. The van der Waals surface area contributed by atoms with Crippen LogP contribution in [0.2, 0.25) is 0 Å². The molecule has 0 amide bonds. The number of benzene rings is 1. The van der Waals surface area contributed by atoms with Crippen LogP contribution < -0.4 is 10.0 Å². The molecule has 88 valence electrons. The number of nitrogens with two attached hydrogens (primary N) is 1. The molecule has 0 aromatic heterocycles. The van der Waals surface area contributed by atoms with Gasteiger partial charge in [0, 0.05) is 12.6 Å². The lowest BCUT2D eigenvalue weighted by Gasteiger charge is -2.17. The highest BCUT2D eigenvalue weighted by atomic mass is 32.2. The average Bonchev–Trinajstić information content (AvgIpc) is 2.26. The van der Waals surface area contributed by atoms with E-state index in [9.17, 15) is 8.42 Å². The fourth-order valence-corrected chi connectivity index (χ4v) is 1.61. The Kier molecular flexibility index (Phi) is 3.38. The quantitative estimate of drug-likeness (QED) is 0.342. The highest BCUT2D eigenvalue weighted by molar-refractivity contribution is 7.92. The summed E-state index contributed by atoms with van der Waals surface area (Å²) in [6.45, 7) is 0. The van der Waals surface area contributed by atoms with E-state index in [-0.39, 0.29) is 5.84 Å². The van der Waals surface area contributed by atoms with E-state index < -0.39 is 10.0 Å². The molecule has 0 atom stereocenters. The minimum Gasteiger partial charge on any atom is -0.409 e. The van der Waals surface area contributed by atoms with Gasteiger partial charge in [-0.3, -0.25) is 4.31 Å². The second-order valence-corrected chi connectivity index (χ2v) is 5.28. The molecule has 1 aromatic carbocycles. The molecule has 3 N–H and O–H groups in total. The lowest BCUT2D eigenvalue weighted by molar-refractivity contribution is 0.318. The van der Waals surface area contributed by atoms with Crippen LogP contribution in [0.5, 0.6) is 0 Å². The van der Waals surface area contributed by atoms with E-state index in [0.29, 0.717) is 11.3 Å². The summed E-state index contributed by atoms with van der Waals surface area (Å²) in [4.78, 5) is 0. The summed E-state index contributed by atoms with van der Waals surface area (Å²) < 4.78 is 23.7. The van der Waals surface area contributed by atoms with Gasteiger partial charge in [0.2, 0.25) is 10.0 Å². The summed E-state index contributed by atoms with van der Waals surface area (Å²) in [6, 6.07) is 6.39. The predicted octanol–water partition coefficient (Wildman–Crippen LogP) is 0.177. The van der Waals surface area contributed by atoms with Crippen LogP contribution in [0.1, 0.15) is 5.56 Å². The SMILES string of the molecule is CN(c1cccc(C(N)=NO)c1)S(C)(=O)=O. The van der Waals surface area contributed by atoms with Crippen molar-refractivity contribution in [2.75, 3.05) is 17.6 Å². The molecule has 0 spiro atoms. The Morgan fingerprint density at radius 3 is 2.62 bits per heavy atom. The van der Waals surface area contributed by atoms with Gasteiger partial charge in [0.1, 0.15) is 0 Å². The second-order valence-electron chi connectivity index (χ2n) is 3.27. The molecule has 1 aromatic rings. The van der Waals surface area contributed by atoms with Gasteiger partial charge in [-0.1, -0.05) is 17.3 Å². The first-order valence-corrected chi connectivity index (χ1v) is 6.23. The molecule has 16 heavy (non-hydrogen) atoms. The molecule has 0 heterocycles. The van der Waals surface area contributed by atoms with Crippen molar-refractivity contribution >= 4 is 21.5 Å². The second kappa shape index (κ2) is 4.40. The van der Waals surface area contributed by atoms with Gasteiger partial charge in [-0.05, 0) is 12.1 Å². The molecule has 6 nitrogen and oxygen atoms in total. The Labute approximate surface area is 94.0 Å². The maximum Gasteiger partial charge on any atom is 0.231 e. The summed E-state index contributed by atoms with van der Waals surface area (Å²) >= 11 is 0. The molecular formula is C9H13N3O3S. The monoisotopic (exact) mass is 243 g/mol. The fraction of sp³-hybridized carbons (Fsp3) is 0.222. The molecule has 0 fully saturated rings. The molecule has 0 unspecified atom stereocenters. The smallest absolute Gasteiger partial charge is 0.231 e. The number of oxime groups is 1. The summed E-state index contributed by atoms with van der Waals surface area (Å²) in [7, 11) is -1.88. The van der Waals surface area contributed by atoms with Gasteiger partial charge in [-0.2, -0.15) is 0 Å². The molecule has 0 radical (unpaired) electrons. The van der Waals surface area contributed by atoms with Gasteiger partial charge in [-0.25, -0.2) is 8.42 Å². The van der Waals surface area contributed by atoms with Crippen LogP contribution in [0.25, 0.3) is 0 Å². The van der Waals surface area contributed by atoms with Crippen LogP contribution in [-0.2, 0) is 10.0 Å². The Morgan fingerprint density at radius 1 is 1.50 bits per heavy atom. The van der Waals surface area contributed by atoms with Crippen molar-refractivity contribution in [2.45, 2.75) is 0 Å². The van der Waals surface area contributed by atoms with E-state index >= 15 is 0 Å². The van der Waals surface area contributed by atoms with E-state index in [4.69, 9.17) is 10.9 Å². The molecule has 0 aliphatic rings. The third-order valence-corrected chi connectivity index (χ3v) is 3.32. The minimum atomic E-state index is -3.31. The van der Waals surface area contributed by atoms with E-state index in [0.717, 1.165) is 10.6 Å². The Balaban J connectivity index is 3.19. The number of sulfonamides is 1. The first kappa shape index (κ1) is 12.3. The minimum absolute atomic E-state index is 0.0660. The Hall–Kier alpha value is -1.76. The molecular weight excluding hydrogens is 230 g/mol. The maximum absolute atomic E-state index is 11.3. The van der Waals surface area contributed by atoms with Crippen LogP contribution in [0.15, 0.2) is 29.4 Å². The Morgan fingerprint density at radius 2 is 2.12 bits per heavy atom. The fourth-order valence-electron chi connectivity index (χ4n) is 1.11. The van der Waals surface area contributed by atoms with Crippen molar-refractivity contribution in [3.8, 4) is 0 Å². The lowest BCUT2D eigenvalue weighted by Crippen LogP contribution is -2.25. The van der Waals surface area contributed by atoms with Crippen molar-refractivity contribution in [2.24, 2.45) is 10.9 Å². The Bertz CT molecular complexity index is 510. The molecule has 0 bridgehead atoms. The number of rotatable bonds is 3. The van der Waals surface area contributed by atoms with Gasteiger partial charge in [0.25, 0.3) is 0 Å². The number of amidine groups is 1.